The Morgan fingerprint density at radius 3 is 2.48 bits per heavy atom. The number of hydrogen-bond donors (Lipinski definition) is 1. The van der Waals surface area contributed by atoms with E-state index in [1.165, 1.54) is 7.11 Å². The molecule has 1 fully saturated rings. The highest BCUT2D eigenvalue weighted by Crippen LogP contribution is 2.24. The van der Waals surface area contributed by atoms with Crippen molar-refractivity contribution in [1.82, 2.24) is 10.2 Å². The lowest BCUT2D eigenvalue weighted by molar-refractivity contribution is -0.157. The molecular formula is C14H21F3N2O4. The van der Waals surface area contributed by atoms with Crippen LogP contribution >= 0.6 is 0 Å². The number of alkyl halides is 3. The summed E-state index contributed by atoms with van der Waals surface area (Å²) >= 11 is 0. The average molecular weight is 338 g/mol. The van der Waals surface area contributed by atoms with Gasteiger partial charge in [-0.15, -0.1) is 0 Å². The van der Waals surface area contributed by atoms with Gasteiger partial charge in [0.1, 0.15) is 12.6 Å². The molecule has 2 amide bonds. The predicted octanol–water partition coefficient (Wildman–Crippen LogP) is 1.10. The van der Waals surface area contributed by atoms with Crippen LogP contribution in [0.25, 0.3) is 0 Å². The molecule has 9 heteroatoms. The fourth-order valence-electron chi connectivity index (χ4n) is 2.43. The number of amides is 2. The maximum Gasteiger partial charge on any atom is 0.406 e. The molecule has 1 heterocycles. The lowest BCUT2D eigenvalue weighted by atomic mass is 10.0. The number of ether oxygens (including phenoxy) is 1. The Balaban J connectivity index is 2.66. The van der Waals surface area contributed by atoms with E-state index in [2.05, 4.69) is 10.1 Å². The maximum absolute atomic E-state index is 12.4. The Morgan fingerprint density at radius 2 is 2.00 bits per heavy atom. The summed E-state index contributed by atoms with van der Waals surface area (Å²) in [6.45, 7) is 2.03. The zero-order chi connectivity index (χ0) is 17.8. The summed E-state index contributed by atoms with van der Waals surface area (Å²) in [5.41, 5.74) is 0. The first-order chi connectivity index (χ1) is 10.5. The molecule has 0 saturated carbocycles. The molecule has 1 aliphatic heterocycles. The molecule has 23 heavy (non-hydrogen) atoms. The number of rotatable bonds is 6. The van der Waals surface area contributed by atoms with Crippen LogP contribution in [0.2, 0.25) is 0 Å². The third-order valence-corrected chi connectivity index (χ3v) is 3.46. The molecule has 0 radical (unpaired) electrons. The number of nitrogens with zero attached hydrogens (tertiary/aromatic N) is 1. The third-order valence-electron chi connectivity index (χ3n) is 3.46. The molecule has 0 aromatic heterocycles. The Labute approximate surface area is 132 Å². The summed E-state index contributed by atoms with van der Waals surface area (Å²) in [5, 5.41) is 2.47. The number of hydrogen-bond acceptors (Lipinski definition) is 4. The molecule has 1 N–H and O–H groups in total. The van der Waals surface area contributed by atoms with E-state index in [9.17, 15) is 27.6 Å². The molecule has 6 nitrogen and oxygen atoms in total. The van der Waals surface area contributed by atoms with E-state index in [0.29, 0.717) is 11.3 Å². The monoisotopic (exact) mass is 338 g/mol. The second-order valence-electron chi connectivity index (χ2n) is 6.00. The predicted molar refractivity (Wildman–Crippen MR) is 74.1 cm³/mol. The van der Waals surface area contributed by atoms with Crippen molar-refractivity contribution in [1.29, 1.82) is 0 Å². The van der Waals surface area contributed by atoms with Crippen LogP contribution in [-0.4, -0.2) is 55.1 Å². The molecule has 2 atom stereocenters. The first-order valence-electron chi connectivity index (χ1n) is 7.26. The number of esters is 1. The Bertz CT molecular complexity index is 465. The number of carbonyl (C=O) groups excluding carboxylic acids is 3. The molecule has 0 aromatic carbocycles. The van der Waals surface area contributed by atoms with Gasteiger partial charge < -0.3 is 15.0 Å². The van der Waals surface area contributed by atoms with Crippen LogP contribution in [0.5, 0.6) is 0 Å². The minimum atomic E-state index is -4.51. The summed E-state index contributed by atoms with van der Waals surface area (Å²) in [6.07, 6.45) is -4.46. The third kappa shape index (κ3) is 6.07. The summed E-state index contributed by atoms with van der Waals surface area (Å²) in [7, 11) is 1.19. The van der Waals surface area contributed by atoms with Gasteiger partial charge in [-0.05, 0) is 12.3 Å². The quantitative estimate of drug-likeness (QED) is 0.736. The van der Waals surface area contributed by atoms with Crippen molar-refractivity contribution in [2.45, 2.75) is 38.9 Å². The van der Waals surface area contributed by atoms with E-state index in [4.69, 9.17) is 0 Å². The molecule has 0 aromatic rings. The topological polar surface area (TPSA) is 75.7 Å². The molecule has 0 bridgehead atoms. The number of methoxy groups -OCH3 is 1. The van der Waals surface area contributed by atoms with Gasteiger partial charge in [-0.3, -0.25) is 9.59 Å². The maximum atomic E-state index is 12.4. The second kappa shape index (κ2) is 7.65. The first-order valence-corrected chi connectivity index (χ1v) is 7.26. The van der Waals surface area contributed by atoms with Gasteiger partial charge in [0.05, 0.1) is 13.0 Å². The van der Waals surface area contributed by atoms with E-state index < -0.39 is 42.5 Å². The Kier molecular flexibility index (Phi) is 6.40. The van der Waals surface area contributed by atoms with Gasteiger partial charge in [0.15, 0.2) is 0 Å². The highest BCUT2D eigenvalue weighted by molar-refractivity contribution is 5.91. The first kappa shape index (κ1) is 19.2. The van der Waals surface area contributed by atoms with E-state index in [1.54, 1.807) is 0 Å². The zero-order valence-electron chi connectivity index (χ0n) is 13.3. The molecule has 132 valence electrons. The number of carbonyl (C=O) groups is 3. The van der Waals surface area contributed by atoms with Crippen molar-refractivity contribution in [2.75, 3.05) is 20.2 Å². The lowest BCUT2D eigenvalue weighted by Crippen LogP contribution is -2.45. The van der Waals surface area contributed by atoms with E-state index >= 15 is 0 Å². The van der Waals surface area contributed by atoms with E-state index in [-0.39, 0.29) is 18.9 Å². The molecule has 1 saturated heterocycles. The summed E-state index contributed by atoms with van der Waals surface area (Å²) < 4.78 is 41.7. The van der Waals surface area contributed by atoms with Crippen LogP contribution < -0.4 is 5.32 Å². The van der Waals surface area contributed by atoms with Gasteiger partial charge >= 0.3 is 12.1 Å². The standard InChI is InChI=1S/C14H21F3N2O4/c1-8(2)4-10(13(22)23-3)18-12(21)9-5-11(20)19(6-9)7-14(15,16)17/h8-10H,4-7H2,1-3H3,(H,18,21). The molecular weight excluding hydrogens is 317 g/mol. The van der Waals surface area contributed by atoms with Crippen LogP contribution in [0.1, 0.15) is 26.7 Å². The average Bonchev–Trinajstić information content (AvgIpc) is 2.76. The van der Waals surface area contributed by atoms with Crippen LogP contribution in [0.4, 0.5) is 13.2 Å². The highest BCUT2D eigenvalue weighted by Gasteiger charge is 2.41. The minimum absolute atomic E-state index is 0.103. The number of halogens is 3. The number of nitrogens with one attached hydrogen (secondary N) is 1. The van der Waals surface area contributed by atoms with Crippen molar-refractivity contribution >= 4 is 17.8 Å². The smallest absolute Gasteiger partial charge is 0.406 e. The fourth-order valence-corrected chi connectivity index (χ4v) is 2.43. The molecule has 1 rings (SSSR count). The number of likely N-dealkylation sites (tertiary alicyclic amines) is 1. The fraction of sp³-hybridized carbons (Fsp3) is 0.786. The minimum Gasteiger partial charge on any atom is -0.467 e. The molecule has 1 aliphatic rings. The molecule has 0 spiro atoms. The normalized spacial score (nSPS) is 19.9. The van der Waals surface area contributed by atoms with Gasteiger partial charge in [0, 0.05) is 13.0 Å². The Hall–Kier alpha value is -1.80. The van der Waals surface area contributed by atoms with Gasteiger partial charge in [-0.1, -0.05) is 13.8 Å². The van der Waals surface area contributed by atoms with Crippen LogP contribution in [0.15, 0.2) is 0 Å². The van der Waals surface area contributed by atoms with Crippen LogP contribution in [-0.2, 0) is 19.1 Å². The van der Waals surface area contributed by atoms with Crippen LogP contribution in [0, 0.1) is 11.8 Å². The van der Waals surface area contributed by atoms with Gasteiger partial charge in [0.2, 0.25) is 11.8 Å². The molecule has 0 aliphatic carbocycles. The van der Waals surface area contributed by atoms with Gasteiger partial charge in [-0.2, -0.15) is 13.2 Å². The van der Waals surface area contributed by atoms with E-state index in [0.717, 1.165) is 0 Å². The largest absolute Gasteiger partial charge is 0.467 e. The lowest BCUT2D eigenvalue weighted by Gasteiger charge is -2.21. The van der Waals surface area contributed by atoms with Crippen molar-refractivity contribution < 1.29 is 32.3 Å². The van der Waals surface area contributed by atoms with Gasteiger partial charge in [0.25, 0.3) is 0 Å². The van der Waals surface area contributed by atoms with Crippen LogP contribution in [0.3, 0.4) is 0 Å². The molecule has 2 unspecified atom stereocenters. The zero-order valence-corrected chi connectivity index (χ0v) is 13.3. The van der Waals surface area contributed by atoms with Crippen molar-refractivity contribution in [2.24, 2.45) is 11.8 Å². The van der Waals surface area contributed by atoms with E-state index in [1.807, 2.05) is 13.8 Å². The summed E-state index contributed by atoms with van der Waals surface area (Å²) in [4.78, 5) is 36.0. The van der Waals surface area contributed by atoms with Crippen molar-refractivity contribution in [3.05, 3.63) is 0 Å². The Morgan fingerprint density at radius 1 is 1.39 bits per heavy atom. The second-order valence-corrected chi connectivity index (χ2v) is 6.00. The SMILES string of the molecule is COC(=O)C(CC(C)C)NC(=O)C1CC(=O)N(CC(F)(F)F)C1. The summed E-state index contributed by atoms with van der Waals surface area (Å²) in [6, 6.07) is -0.876. The van der Waals surface area contributed by atoms with Gasteiger partial charge in [-0.25, -0.2) is 4.79 Å². The summed E-state index contributed by atoms with van der Waals surface area (Å²) in [5.74, 6) is -2.75. The van der Waals surface area contributed by atoms with Crippen molar-refractivity contribution in [3.8, 4) is 0 Å². The highest BCUT2D eigenvalue weighted by atomic mass is 19.4. The van der Waals surface area contributed by atoms with Crippen molar-refractivity contribution in [3.63, 3.8) is 0 Å².